The van der Waals surface area contributed by atoms with Gasteiger partial charge in [0.05, 0.1) is 16.3 Å². The Kier molecular flexibility index (Phi) is 4.75. The summed E-state index contributed by atoms with van der Waals surface area (Å²) >= 11 is 7.66. The molecule has 7 heteroatoms. The van der Waals surface area contributed by atoms with Crippen molar-refractivity contribution in [3.63, 3.8) is 0 Å². The fraction of sp³-hybridized carbons (Fsp3) is 0.375. The maximum absolute atomic E-state index is 14.1. The average molecular weight is 354 g/mol. The molecule has 2 aromatic rings. The number of hydrogen-bond acceptors (Lipinski definition) is 4. The van der Waals surface area contributed by atoms with Crippen molar-refractivity contribution >= 4 is 23.4 Å². The van der Waals surface area contributed by atoms with Crippen molar-refractivity contribution in [1.29, 1.82) is 0 Å². The topological polar surface area (TPSA) is 49.0 Å². The van der Waals surface area contributed by atoms with E-state index in [1.54, 1.807) is 6.07 Å². The van der Waals surface area contributed by atoms with Gasteiger partial charge in [0.25, 0.3) is 5.56 Å². The lowest BCUT2D eigenvalue weighted by atomic mass is 10.1. The van der Waals surface area contributed by atoms with Crippen molar-refractivity contribution in [1.82, 2.24) is 14.9 Å². The number of aromatic amines is 1. The predicted molar refractivity (Wildman–Crippen MR) is 90.6 cm³/mol. The van der Waals surface area contributed by atoms with Crippen LogP contribution in [0.25, 0.3) is 0 Å². The first-order valence-electron chi connectivity index (χ1n) is 7.31. The van der Waals surface area contributed by atoms with E-state index in [9.17, 15) is 9.18 Å². The second-order valence-electron chi connectivity index (χ2n) is 5.62. The van der Waals surface area contributed by atoms with Gasteiger partial charge in [-0.1, -0.05) is 29.4 Å². The molecule has 4 nitrogen and oxygen atoms in total. The molecule has 0 saturated heterocycles. The molecule has 0 amide bonds. The molecule has 0 aliphatic carbocycles. The number of fused-ring (bicyclic) bond motifs is 1. The van der Waals surface area contributed by atoms with Gasteiger partial charge >= 0.3 is 0 Å². The lowest BCUT2D eigenvalue weighted by molar-refractivity contribution is 0.237. The van der Waals surface area contributed by atoms with Crippen molar-refractivity contribution in [2.24, 2.45) is 0 Å². The summed E-state index contributed by atoms with van der Waals surface area (Å²) in [6.45, 7) is 3.42. The molecule has 1 aromatic heterocycles. The predicted octanol–water partition coefficient (Wildman–Crippen LogP) is 3.15. The van der Waals surface area contributed by atoms with Gasteiger partial charge in [0.1, 0.15) is 5.82 Å². The third-order valence-corrected chi connectivity index (χ3v) is 5.19. The Labute approximate surface area is 143 Å². The Hall–Kier alpha value is -1.37. The highest BCUT2D eigenvalue weighted by molar-refractivity contribution is 7.98. The SMILES string of the molecule is CSc1nc2c(c(=O)[nH]1)CN(Cc1c(F)ccc(C)c1Cl)CC2. The quantitative estimate of drug-likeness (QED) is 0.680. The molecule has 0 fully saturated rings. The first-order chi connectivity index (χ1) is 11.0. The van der Waals surface area contributed by atoms with Crippen molar-refractivity contribution in [3.05, 3.63) is 55.7 Å². The molecule has 122 valence electrons. The number of aromatic nitrogens is 2. The van der Waals surface area contributed by atoms with E-state index in [1.807, 2.05) is 18.1 Å². The van der Waals surface area contributed by atoms with Crippen LogP contribution in [0.5, 0.6) is 0 Å². The van der Waals surface area contributed by atoms with E-state index in [0.29, 0.717) is 40.8 Å². The van der Waals surface area contributed by atoms with Gasteiger partial charge in [-0.25, -0.2) is 9.37 Å². The zero-order valence-corrected chi connectivity index (χ0v) is 14.5. The Morgan fingerprint density at radius 1 is 1.48 bits per heavy atom. The lowest BCUT2D eigenvalue weighted by Gasteiger charge is -2.28. The zero-order chi connectivity index (χ0) is 16.6. The third-order valence-electron chi connectivity index (χ3n) is 4.08. The molecule has 0 atom stereocenters. The summed E-state index contributed by atoms with van der Waals surface area (Å²) < 4.78 is 14.1. The van der Waals surface area contributed by atoms with E-state index in [0.717, 1.165) is 17.8 Å². The molecule has 1 aromatic carbocycles. The molecule has 1 N–H and O–H groups in total. The van der Waals surface area contributed by atoms with Gasteiger partial charge in [-0.15, -0.1) is 0 Å². The Morgan fingerprint density at radius 2 is 2.26 bits per heavy atom. The molecular formula is C16H17ClFN3OS. The van der Waals surface area contributed by atoms with Crippen molar-refractivity contribution in [2.75, 3.05) is 12.8 Å². The van der Waals surface area contributed by atoms with Gasteiger partial charge in [0.2, 0.25) is 0 Å². The minimum Gasteiger partial charge on any atom is -0.301 e. The summed E-state index contributed by atoms with van der Waals surface area (Å²) in [5.74, 6) is -0.309. The second kappa shape index (κ2) is 6.63. The zero-order valence-electron chi connectivity index (χ0n) is 12.9. The molecule has 23 heavy (non-hydrogen) atoms. The van der Waals surface area contributed by atoms with Gasteiger partial charge in [0.15, 0.2) is 5.16 Å². The first-order valence-corrected chi connectivity index (χ1v) is 8.91. The normalized spacial score (nSPS) is 14.8. The van der Waals surface area contributed by atoms with Crippen LogP contribution < -0.4 is 5.56 Å². The summed E-state index contributed by atoms with van der Waals surface area (Å²) in [4.78, 5) is 21.5. The van der Waals surface area contributed by atoms with E-state index in [1.165, 1.54) is 17.8 Å². The Bertz CT molecular complexity index is 809. The van der Waals surface area contributed by atoms with Gasteiger partial charge in [-0.3, -0.25) is 9.69 Å². The number of H-pyrrole nitrogens is 1. The maximum atomic E-state index is 14.1. The first kappa shape index (κ1) is 16.5. The van der Waals surface area contributed by atoms with E-state index < -0.39 is 0 Å². The van der Waals surface area contributed by atoms with Gasteiger partial charge < -0.3 is 4.98 Å². The van der Waals surface area contributed by atoms with Crippen LogP contribution in [-0.2, 0) is 19.5 Å². The molecule has 0 bridgehead atoms. The smallest absolute Gasteiger partial charge is 0.256 e. The van der Waals surface area contributed by atoms with Crippen LogP contribution in [-0.4, -0.2) is 27.7 Å². The number of halogens is 2. The number of thioether (sulfide) groups is 1. The molecule has 0 radical (unpaired) electrons. The Balaban J connectivity index is 1.86. The largest absolute Gasteiger partial charge is 0.301 e. The molecule has 3 rings (SSSR count). The van der Waals surface area contributed by atoms with E-state index in [2.05, 4.69) is 9.97 Å². The number of benzene rings is 1. The van der Waals surface area contributed by atoms with Crippen LogP contribution in [0.4, 0.5) is 4.39 Å². The molecule has 2 heterocycles. The number of nitrogens with one attached hydrogen (secondary N) is 1. The summed E-state index contributed by atoms with van der Waals surface area (Å²) in [6, 6.07) is 3.11. The number of hydrogen-bond donors (Lipinski definition) is 1. The minimum atomic E-state index is -0.309. The van der Waals surface area contributed by atoms with Gasteiger partial charge in [0, 0.05) is 31.6 Å². The summed E-state index contributed by atoms with van der Waals surface area (Å²) in [5.41, 5.74) is 2.73. The van der Waals surface area contributed by atoms with E-state index in [-0.39, 0.29) is 11.4 Å². The standard InChI is InChI=1S/C16H17ClFN3OS/c1-9-3-4-12(18)10(14(9)17)7-21-6-5-13-11(8-21)15(22)20-16(19-13)23-2/h3-4H,5-8H2,1-2H3,(H,19,20,22). The fourth-order valence-electron chi connectivity index (χ4n) is 2.77. The molecule has 1 aliphatic heterocycles. The van der Waals surface area contributed by atoms with Gasteiger partial charge in [-0.05, 0) is 24.8 Å². The van der Waals surface area contributed by atoms with Gasteiger partial charge in [-0.2, -0.15) is 0 Å². The maximum Gasteiger partial charge on any atom is 0.256 e. The second-order valence-corrected chi connectivity index (χ2v) is 6.79. The Morgan fingerprint density at radius 3 is 3.00 bits per heavy atom. The average Bonchev–Trinajstić information content (AvgIpc) is 2.55. The van der Waals surface area contributed by atoms with Crippen LogP contribution in [0.2, 0.25) is 5.02 Å². The fourth-order valence-corrected chi connectivity index (χ4v) is 3.38. The van der Waals surface area contributed by atoms with Crippen LogP contribution >= 0.6 is 23.4 Å². The highest BCUT2D eigenvalue weighted by Gasteiger charge is 2.23. The molecule has 0 spiro atoms. The number of rotatable bonds is 3. The molecular weight excluding hydrogens is 337 g/mol. The van der Waals surface area contributed by atoms with Crippen LogP contribution in [0.1, 0.15) is 22.4 Å². The number of nitrogens with zero attached hydrogens (tertiary/aromatic N) is 2. The lowest BCUT2D eigenvalue weighted by Crippen LogP contribution is -2.35. The minimum absolute atomic E-state index is 0.111. The summed E-state index contributed by atoms with van der Waals surface area (Å²) in [6.07, 6.45) is 2.56. The molecule has 1 aliphatic rings. The highest BCUT2D eigenvalue weighted by Crippen LogP contribution is 2.26. The van der Waals surface area contributed by atoms with Crippen molar-refractivity contribution in [3.8, 4) is 0 Å². The number of aryl methyl sites for hydroxylation is 1. The van der Waals surface area contributed by atoms with Crippen LogP contribution in [0.15, 0.2) is 22.1 Å². The third kappa shape index (κ3) is 3.29. The van der Waals surface area contributed by atoms with Crippen molar-refractivity contribution in [2.45, 2.75) is 31.6 Å². The summed E-state index contributed by atoms with van der Waals surface area (Å²) in [5, 5.41) is 1.09. The van der Waals surface area contributed by atoms with Crippen LogP contribution in [0, 0.1) is 12.7 Å². The van der Waals surface area contributed by atoms with Crippen LogP contribution in [0.3, 0.4) is 0 Å². The summed E-state index contributed by atoms with van der Waals surface area (Å²) in [7, 11) is 0. The highest BCUT2D eigenvalue weighted by atomic mass is 35.5. The van der Waals surface area contributed by atoms with E-state index >= 15 is 0 Å². The molecule has 0 saturated carbocycles. The monoisotopic (exact) mass is 353 g/mol. The van der Waals surface area contributed by atoms with E-state index in [4.69, 9.17) is 11.6 Å². The molecule has 0 unspecified atom stereocenters. The van der Waals surface area contributed by atoms with Crippen molar-refractivity contribution < 1.29 is 4.39 Å².